The molecule has 0 aliphatic carbocycles. The maximum absolute atomic E-state index is 12.6. The number of carbonyl (C=O) groups excluding carboxylic acids is 1. The van der Waals surface area contributed by atoms with E-state index in [1.165, 1.54) is 0 Å². The number of aromatic nitrogens is 2. The summed E-state index contributed by atoms with van der Waals surface area (Å²) in [5.74, 6) is 0.0510. The lowest BCUT2D eigenvalue weighted by atomic mass is 10.1. The fourth-order valence-corrected chi connectivity index (χ4v) is 2.47. The first-order valence-corrected chi connectivity index (χ1v) is 6.28. The average Bonchev–Trinajstić information content (AvgIpc) is 2.62. The number of nitrogens with zero attached hydrogens (tertiary/aromatic N) is 3. The Hall–Kier alpha value is -1.40. The van der Waals surface area contributed by atoms with Crippen molar-refractivity contribution in [1.82, 2.24) is 20.0 Å². The van der Waals surface area contributed by atoms with Crippen LogP contribution >= 0.6 is 0 Å². The highest BCUT2D eigenvalue weighted by Gasteiger charge is 2.29. The third kappa shape index (κ3) is 2.13. The zero-order chi connectivity index (χ0) is 13.3. The number of carbonyl (C=O) groups is 1. The number of amides is 1. The molecule has 1 aliphatic rings. The summed E-state index contributed by atoms with van der Waals surface area (Å²) in [7, 11) is 1.86. The van der Waals surface area contributed by atoms with Gasteiger partial charge in [-0.2, -0.15) is 5.10 Å². The van der Waals surface area contributed by atoms with Crippen LogP contribution in [0, 0.1) is 13.8 Å². The number of rotatable bonds is 2. The third-order valence-electron chi connectivity index (χ3n) is 3.61. The normalized spacial score (nSPS) is 20.2. The molecule has 18 heavy (non-hydrogen) atoms. The van der Waals surface area contributed by atoms with E-state index < -0.39 is 0 Å². The van der Waals surface area contributed by atoms with Gasteiger partial charge in [-0.3, -0.25) is 9.48 Å². The Bertz CT molecular complexity index is 454. The average molecular weight is 251 g/mol. The van der Waals surface area contributed by atoms with Gasteiger partial charge in [0.05, 0.1) is 17.3 Å². The molecule has 1 aliphatic heterocycles. The Morgan fingerprint density at radius 1 is 1.56 bits per heavy atom. The molecule has 1 fully saturated rings. The smallest absolute Gasteiger partial charge is 0.257 e. The van der Waals surface area contributed by atoms with Gasteiger partial charge in [-0.05, 0) is 13.8 Å². The van der Waals surface area contributed by atoms with Gasteiger partial charge in [0.15, 0.2) is 0 Å². The Morgan fingerprint density at radius 2 is 2.28 bits per heavy atom. The van der Waals surface area contributed by atoms with Crippen molar-refractivity contribution >= 4 is 5.91 Å². The molecule has 0 bridgehead atoms. The minimum Gasteiger partial charge on any atom is -0.332 e. The number of nitrogens with two attached hydrogens (primary N) is 1. The number of hydrogen-bond donors (Lipinski definition) is 2. The topological polar surface area (TPSA) is 76.2 Å². The first-order valence-electron chi connectivity index (χ1n) is 6.28. The van der Waals surface area contributed by atoms with E-state index in [1.54, 1.807) is 4.68 Å². The van der Waals surface area contributed by atoms with Crippen LogP contribution in [0.5, 0.6) is 0 Å². The summed E-state index contributed by atoms with van der Waals surface area (Å²) in [6, 6.07) is 0.0743. The Labute approximate surface area is 107 Å². The SMILES string of the molecule is Cc1nn(C)c(C)c1C(=O)N1CCNCC1CN. The number of hydrogen-bond acceptors (Lipinski definition) is 4. The van der Waals surface area contributed by atoms with Crippen LogP contribution in [-0.2, 0) is 7.05 Å². The first-order chi connectivity index (χ1) is 8.56. The third-order valence-corrected chi connectivity index (χ3v) is 3.61. The summed E-state index contributed by atoms with van der Waals surface area (Å²) >= 11 is 0. The van der Waals surface area contributed by atoms with Gasteiger partial charge in [-0.1, -0.05) is 0 Å². The van der Waals surface area contributed by atoms with E-state index in [4.69, 9.17) is 5.73 Å². The van der Waals surface area contributed by atoms with Gasteiger partial charge in [0.1, 0.15) is 0 Å². The first kappa shape index (κ1) is 13.0. The predicted octanol–water partition coefficient (Wildman–Crippen LogP) is -0.590. The second-order valence-corrected chi connectivity index (χ2v) is 4.76. The fourth-order valence-electron chi connectivity index (χ4n) is 2.47. The molecule has 1 unspecified atom stereocenters. The summed E-state index contributed by atoms with van der Waals surface area (Å²) in [5, 5.41) is 7.56. The van der Waals surface area contributed by atoms with Crippen LogP contribution in [0.4, 0.5) is 0 Å². The second-order valence-electron chi connectivity index (χ2n) is 4.76. The molecule has 0 aromatic carbocycles. The maximum atomic E-state index is 12.6. The maximum Gasteiger partial charge on any atom is 0.257 e. The Kier molecular flexibility index (Phi) is 3.68. The van der Waals surface area contributed by atoms with Crippen molar-refractivity contribution in [2.24, 2.45) is 12.8 Å². The minimum atomic E-state index is 0.0510. The van der Waals surface area contributed by atoms with Crippen molar-refractivity contribution in [1.29, 1.82) is 0 Å². The van der Waals surface area contributed by atoms with Crippen molar-refractivity contribution < 1.29 is 4.79 Å². The zero-order valence-corrected chi connectivity index (χ0v) is 11.2. The second kappa shape index (κ2) is 5.07. The molecule has 2 heterocycles. The molecule has 100 valence electrons. The van der Waals surface area contributed by atoms with Gasteiger partial charge >= 0.3 is 0 Å². The highest BCUT2D eigenvalue weighted by molar-refractivity contribution is 5.96. The van der Waals surface area contributed by atoms with Gasteiger partial charge in [-0.25, -0.2) is 0 Å². The fraction of sp³-hybridized carbons (Fsp3) is 0.667. The largest absolute Gasteiger partial charge is 0.332 e. The van der Waals surface area contributed by atoms with Gasteiger partial charge in [0.25, 0.3) is 5.91 Å². The van der Waals surface area contributed by atoms with Crippen LogP contribution < -0.4 is 11.1 Å². The molecule has 0 spiro atoms. The standard InChI is InChI=1S/C12H21N5O/c1-8-11(9(2)16(3)15-8)12(18)17-5-4-14-7-10(17)6-13/h10,14H,4-7,13H2,1-3H3. The van der Waals surface area contributed by atoms with Gasteiger partial charge in [0.2, 0.25) is 0 Å². The van der Waals surface area contributed by atoms with Crippen molar-refractivity contribution in [3.8, 4) is 0 Å². The van der Waals surface area contributed by atoms with Crippen molar-refractivity contribution in [3.63, 3.8) is 0 Å². The summed E-state index contributed by atoms with van der Waals surface area (Å²) in [5.41, 5.74) is 8.15. The van der Waals surface area contributed by atoms with E-state index in [9.17, 15) is 4.79 Å². The zero-order valence-electron chi connectivity index (χ0n) is 11.2. The van der Waals surface area contributed by atoms with E-state index in [1.807, 2.05) is 25.8 Å². The molecule has 1 saturated heterocycles. The molecule has 0 saturated carbocycles. The van der Waals surface area contributed by atoms with E-state index in [0.717, 1.165) is 30.0 Å². The molecule has 1 atom stereocenters. The molecular weight excluding hydrogens is 230 g/mol. The van der Waals surface area contributed by atoms with Crippen LogP contribution in [0.15, 0.2) is 0 Å². The van der Waals surface area contributed by atoms with Crippen LogP contribution in [-0.4, -0.2) is 52.8 Å². The lowest BCUT2D eigenvalue weighted by Gasteiger charge is -2.35. The van der Waals surface area contributed by atoms with Gasteiger partial charge < -0.3 is 16.0 Å². The highest BCUT2D eigenvalue weighted by atomic mass is 16.2. The van der Waals surface area contributed by atoms with Crippen LogP contribution in [0.2, 0.25) is 0 Å². The molecule has 1 aromatic rings. The van der Waals surface area contributed by atoms with Crippen molar-refractivity contribution in [2.45, 2.75) is 19.9 Å². The molecule has 1 amide bonds. The number of nitrogens with one attached hydrogen (secondary N) is 1. The lowest BCUT2D eigenvalue weighted by Crippen LogP contribution is -2.56. The molecule has 0 radical (unpaired) electrons. The highest BCUT2D eigenvalue weighted by Crippen LogP contribution is 2.17. The van der Waals surface area contributed by atoms with E-state index in [2.05, 4.69) is 10.4 Å². The van der Waals surface area contributed by atoms with Gasteiger partial charge in [-0.15, -0.1) is 0 Å². The summed E-state index contributed by atoms with van der Waals surface area (Å²) in [6.45, 7) is 6.57. The van der Waals surface area contributed by atoms with Crippen molar-refractivity contribution in [2.75, 3.05) is 26.2 Å². The van der Waals surface area contributed by atoms with Gasteiger partial charge in [0, 0.05) is 38.9 Å². The summed E-state index contributed by atoms with van der Waals surface area (Å²) in [6.07, 6.45) is 0. The van der Waals surface area contributed by atoms with Crippen LogP contribution in [0.25, 0.3) is 0 Å². The van der Waals surface area contributed by atoms with Crippen LogP contribution in [0.3, 0.4) is 0 Å². The predicted molar refractivity (Wildman–Crippen MR) is 69.4 cm³/mol. The molecule has 3 N–H and O–H groups in total. The molecule has 1 aromatic heterocycles. The molecule has 6 heteroatoms. The Morgan fingerprint density at radius 3 is 2.83 bits per heavy atom. The summed E-state index contributed by atoms with van der Waals surface area (Å²) in [4.78, 5) is 14.5. The number of piperazine rings is 1. The van der Waals surface area contributed by atoms with Crippen LogP contribution in [0.1, 0.15) is 21.7 Å². The van der Waals surface area contributed by atoms with E-state index >= 15 is 0 Å². The lowest BCUT2D eigenvalue weighted by molar-refractivity contribution is 0.0643. The molecule has 6 nitrogen and oxygen atoms in total. The van der Waals surface area contributed by atoms with Crippen molar-refractivity contribution in [3.05, 3.63) is 17.0 Å². The Balaban J connectivity index is 2.29. The monoisotopic (exact) mass is 251 g/mol. The minimum absolute atomic E-state index is 0.0510. The number of aryl methyl sites for hydroxylation is 2. The summed E-state index contributed by atoms with van der Waals surface area (Å²) < 4.78 is 1.75. The quantitative estimate of drug-likeness (QED) is 0.736. The van der Waals surface area contributed by atoms with E-state index in [-0.39, 0.29) is 11.9 Å². The molecule has 2 rings (SSSR count). The van der Waals surface area contributed by atoms with E-state index in [0.29, 0.717) is 13.1 Å². The molecular formula is C12H21N5O.